The van der Waals surface area contributed by atoms with E-state index in [4.69, 9.17) is 5.73 Å². The Balaban J connectivity index is 1.64. The maximum Gasteiger partial charge on any atom is 0.236 e. The Morgan fingerprint density at radius 1 is 0.913 bits per heavy atom. The molecular formula is C17H29N3O3. The summed E-state index contributed by atoms with van der Waals surface area (Å²) in [5.74, 6) is 0.0248. The zero-order valence-electron chi connectivity index (χ0n) is 13.8. The minimum Gasteiger partial charge on any atom is -0.368 e. The molecule has 6 nitrogen and oxygen atoms in total. The van der Waals surface area contributed by atoms with E-state index in [1.165, 1.54) is 32.1 Å². The van der Waals surface area contributed by atoms with Crippen LogP contribution in [0.4, 0.5) is 0 Å². The van der Waals surface area contributed by atoms with E-state index in [1.54, 1.807) is 0 Å². The second-order valence-electron chi connectivity index (χ2n) is 7.01. The van der Waals surface area contributed by atoms with Gasteiger partial charge in [0, 0.05) is 18.4 Å². The smallest absolute Gasteiger partial charge is 0.236 e. The number of carbonyl (C=O) groups is 3. The van der Waals surface area contributed by atoms with Crippen LogP contribution >= 0.6 is 0 Å². The van der Waals surface area contributed by atoms with Gasteiger partial charge in [-0.25, -0.2) is 0 Å². The van der Waals surface area contributed by atoms with E-state index in [-0.39, 0.29) is 30.3 Å². The molecule has 2 saturated carbocycles. The highest BCUT2D eigenvalue weighted by atomic mass is 16.2. The third kappa shape index (κ3) is 6.20. The van der Waals surface area contributed by atoms with Gasteiger partial charge in [0.2, 0.25) is 17.7 Å². The Kier molecular flexibility index (Phi) is 6.86. The first kappa shape index (κ1) is 17.8. The Hall–Kier alpha value is -1.59. The standard InChI is InChI=1S/C17H29N3O3/c18-15(21)11-19-17(23)13-6-8-14(9-7-13)20-16(22)10-12-4-2-1-3-5-12/h12-14H,1-11H2,(H2,18,21)(H,19,23)(H,20,22). The van der Waals surface area contributed by atoms with Gasteiger partial charge in [0.25, 0.3) is 0 Å². The van der Waals surface area contributed by atoms with Gasteiger partial charge in [-0.05, 0) is 44.4 Å². The van der Waals surface area contributed by atoms with Crippen LogP contribution in [0.1, 0.15) is 64.2 Å². The molecule has 0 saturated heterocycles. The third-order valence-electron chi connectivity index (χ3n) is 5.10. The van der Waals surface area contributed by atoms with Gasteiger partial charge in [-0.2, -0.15) is 0 Å². The molecule has 0 heterocycles. The van der Waals surface area contributed by atoms with E-state index in [0.29, 0.717) is 12.3 Å². The van der Waals surface area contributed by atoms with Crippen LogP contribution in [0.2, 0.25) is 0 Å². The molecular weight excluding hydrogens is 294 g/mol. The molecule has 0 aromatic rings. The van der Waals surface area contributed by atoms with Crippen LogP contribution in [-0.4, -0.2) is 30.3 Å². The molecule has 0 atom stereocenters. The lowest BCUT2D eigenvalue weighted by Crippen LogP contribution is -2.42. The van der Waals surface area contributed by atoms with Gasteiger partial charge in [-0.3, -0.25) is 14.4 Å². The van der Waals surface area contributed by atoms with E-state index in [1.807, 2.05) is 0 Å². The normalized spacial score (nSPS) is 25.6. The average Bonchev–Trinajstić information content (AvgIpc) is 2.54. The van der Waals surface area contributed by atoms with E-state index in [9.17, 15) is 14.4 Å². The number of hydrogen-bond acceptors (Lipinski definition) is 3. The van der Waals surface area contributed by atoms with Gasteiger partial charge in [-0.1, -0.05) is 19.3 Å². The van der Waals surface area contributed by atoms with Crippen LogP contribution in [0.25, 0.3) is 0 Å². The number of rotatable bonds is 6. The lowest BCUT2D eigenvalue weighted by atomic mass is 9.84. The number of nitrogens with two attached hydrogens (primary N) is 1. The summed E-state index contributed by atoms with van der Waals surface area (Å²) in [4.78, 5) is 34.7. The molecule has 2 fully saturated rings. The van der Waals surface area contributed by atoms with Crippen molar-refractivity contribution in [2.75, 3.05) is 6.54 Å². The maximum absolute atomic E-state index is 12.1. The Bertz CT molecular complexity index is 425. The Morgan fingerprint density at radius 3 is 2.17 bits per heavy atom. The fourth-order valence-electron chi connectivity index (χ4n) is 3.76. The predicted molar refractivity (Wildman–Crippen MR) is 87.3 cm³/mol. The lowest BCUT2D eigenvalue weighted by molar-refractivity contribution is -0.128. The first-order valence-corrected chi connectivity index (χ1v) is 8.90. The molecule has 4 N–H and O–H groups in total. The number of hydrogen-bond donors (Lipinski definition) is 3. The van der Waals surface area contributed by atoms with Crippen molar-refractivity contribution in [2.24, 2.45) is 17.6 Å². The molecule has 0 bridgehead atoms. The molecule has 0 unspecified atom stereocenters. The van der Waals surface area contributed by atoms with Gasteiger partial charge in [0.05, 0.1) is 6.54 Å². The Labute approximate surface area is 137 Å². The van der Waals surface area contributed by atoms with Crippen molar-refractivity contribution in [3.05, 3.63) is 0 Å². The van der Waals surface area contributed by atoms with Gasteiger partial charge in [-0.15, -0.1) is 0 Å². The SMILES string of the molecule is NC(=O)CNC(=O)C1CCC(NC(=O)CC2CCCCC2)CC1. The van der Waals surface area contributed by atoms with Crippen molar-refractivity contribution < 1.29 is 14.4 Å². The summed E-state index contributed by atoms with van der Waals surface area (Å²) in [6, 6.07) is 0.186. The summed E-state index contributed by atoms with van der Waals surface area (Å²) < 4.78 is 0. The number of carbonyl (C=O) groups excluding carboxylic acids is 3. The van der Waals surface area contributed by atoms with Crippen molar-refractivity contribution in [1.82, 2.24) is 10.6 Å². The topological polar surface area (TPSA) is 101 Å². The molecule has 0 aromatic heterocycles. The van der Waals surface area contributed by atoms with Crippen LogP contribution in [0, 0.1) is 11.8 Å². The molecule has 0 spiro atoms. The molecule has 2 aliphatic rings. The van der Waals surface area contributed by atoms with Crippen LogP contribution in [0.3, 0.4) is 0 Å². The lowest BCUT2D eigenvalue weighted by Gasteiger charge is -2.29. The molecule has 0 aromatic carbocycles. The third-order valence-corrected chi connectivity index (χ3v) is 5.10. The van der Waals surface area contributed by atoms with Crippen LogP contribution in [0.15, 0.2) is 0 Å². The first-order chi connectivity index (χ1) is 11.0. The summed E-state index contributed by atoms with van der Waals surface area (Å²) in [6.07, 6.45) is 9.97. The second kappa shape index (κ2) is 8.89. The fourth-order valence-corrected chi connectivity index (χ4v) is 3.76. The van der Waals surface area contributed by atoms with E-state index >= 15 is 0 Å². The van der Waals surface area contributed by atoms with Crippen molar-refractivity contribution in [2.45, 2.75) is 70.3 Å². The largest absolute Gasteiger partial charge is 0.368 e. The summed E-state index contributed by atoms with van der Waals surface area (Å²) in [5.41, 5.74) is 5.02. The van der Waals surface area contributed by atoms with Crippen molar-refractivity contribution in [3.63, 3.8) is 0 Å². The monoisotopic (exact) mass is 323 g/mol. The molecule has 3 amide bonds. The zero-order chi connectivity index (χ0) is 16.7. The fraction of sp³-hybridized carbons (Fsp3) is 0.824. The van der Waals surface area contributed by atoms with Crippen LogP contribution in [0.5, 0.6) is 0 Å². The summed E-state index contributed by atoms with van der Waals surface area (Å²) in [5, 5.41) is 5.69. The number of amides is 3. The van der Waals surface area contributed by atoms with Crippen molar-refractivity contribution in [1.29, 1.82) is 0 Å². The molecule has 0 aliphatic heterocycles. The Morgan fingerprint density at radius 2 is 1.57 bits per heavy atom. The minimum atomic E-state index is -0.526. The molecule has 23 heavy (non-hydrogen) atoms. The molecule has 0 radical (unpaired) electrons. The first-order valence-electron chi connectivity index (χ1n) is 8.90. The van der Waals surface area contributed by atoms with Gasteiger partial charge in [0.1, 0.15) is 0 Å². The van der Waals surface area contributed by atoms with E-state index in [0.717, 1.165) is 25.7 Å². The van der Waals surface area contributed by atoms with E-state index in [2.05, 4.69) is 10.6 Å². The number of nitrogens with one attached hydrogen (secondary N) is 2. The summed E-state index contributed by atoms with van der Waals surface area (Å²) >= 11 is 0. The number of primary amides is 1. The molecule has 2 rings (SSSR count). The van der Waals surface area contributed by atoms with Crippen molar-refractivity contribution >= 4 is 17.7 Å². The van der Waals surface area contributed by atoms with Gasteiger partial charge >= 0.3 is 0 Å². The molecule has 2 aliphatic carbocycles. The van der Waals surface area contributed by atoms with Crippen LogP contribution in [-0.2, 0) is 14.4 Å². The van der Waals surface area contributed by atoms with E-state index < -0.39 is 5.91 Å². The predicted octanol–water partition coefficient (Wildman–Crippen LogP) is 1.23. The van der Waals surface area contributed by atoms with Crippen LogP contribution < -0.4 is 16.4 Å². The second-order valence-corrected chi connectivity index (χ2v) is 7.01. The molecule has 6 heteroatoms. The summed E-state index contributed by atoms with van der Waals surface area (Å²) in [7, 11) is 0. The highest BCUT2D eigenvalue weighted by Crippen LogP contribution is 2.27. The van der Waals surface area contributed by atoms with Crippen molar-refractivity contribution in [3.8, 4) is 0 Å². The zero-order valence-corrected chi connectivity index (χ0v) is 13.8. The highest BCUT2D eigenvalue weighted by molar-refractivity contribution is 5.85. The van der Waals surface area contributed by atoms with Gasteiger partial charge in [0.15, 0.2) is 0 Å². The van der Waals surface area contributed by atoms with Gasteiger partial charge < -0.3 is 16.4 Å². The minimum absolute atomic E-state index is 0.0687. The summed E-state index contributed by atoms with van der Waals surface area (Å²) in [6.45, 7) is -0.100. The average molecular weight is 323 g/mol. The maximum atomic E-state index is 12.1. The molecule has 130 valence electrons. The highest BCUT2D eigenvalue weighted by Gasteiger charge is 2.27. The quantitative estimate of drug-likeness (QED) is 0.685.